The fourth-order valence-corrected chi connectivity index (χ4v) is 0.388. The minimum atomic E-state index is 0.383. The molecule has 58 valence electrons. The smallest absolute Gasteiger partial charge is 0.170 e. The molecule has 10 heavy (non-hydrogen) atoms. The third kappa shape index (κ3) is 7.20. The van der Waals surface area contributed by atoms with Crippen molar-refractivity contribution in [2.45, 2.75) is 20.3 Å². The lowest BCUT2D eigenvalue weighted by molar-refractivity contribution is 0.787. The maximum atomic E-state index is 3.83. The second kappa shape index (κ2) is 8.20. The van der Waals surface area contributed by atoms with Crippen molar-refractivity contribution < 1.29 is 0 Å². The van der Waals surface area contributed by atoms with Gasteiger partial charge in [0, 0.05) is 0 Å². The standard InChI is InChI=1S/C6H14N4/c1-3-5-8-10-6-9-7-4-2/h3-6H2,1-2H3. The van der Waals surface area contributed by atoms with Crippen molar-refractivity contribution >= 4 is 0 Å². The summed E-state index contributed by atoms with van der Waals surface area (Å²) in [5.41, 5.74) is 0. The van der Waals surface area contributed by atoms with Crippen LogP contribution in [0.15, 0.2) is 20.5 Å². The average molecular weight is 142 g/mol. The van der Waals surface area contributed by atoms with E-state index in [0.29, 0.717) is 6.67 Å². The number of azo groups is 2. The van der Waals surface area contributed by atoms with Crippen LogP contribution in [0.5, 0.6) is 0 Å². The van der Waals surface area contributed by atoms with E-state index in [9.17, 15) is 0 Å². The van der Waals surface area contributed by atoms with Gasteiger partial charge >= 0.3 is 0 Å². The van der Waals surface area contributed by atoms with E-state index >= 15 is 0 Å². The quantitative estimate of drug-likeness (QED) is 0.529. The zero-order chi connectivity index (χ0) is 7.66. The number of hydrogen-bond donors (Lipinski definition) is 0. The Labute approximate surface area is 61.5 Å². The lowest BCUT2D eigenvalue weighted by Gasteiger charge is -1.82. The van der Waals surface area contributed by atoms with Crippen LogP contribution in [0.3, 0.4) is 0 Å². The van der Waals surface area contributed by atoms with Crippen LogP contribution >= 0.6 is 0 Å². The summed E-state index contributed by atoms with van der Waals surface area (Å²) in [4.78, 5) is 0. The Balaban J connectivity index is 3.09. The summed E-state index contributed by atoms with van der Waals surface area (Å²) in [6.45, 7) is 5.90. The van der Waals surface area contributed by atoms with Gasteiger partial charge in [-0.05, 0) is 13.3 Å². The molecule has 0 rings (SSSR count). The Morgan fingerprint density at radius 3 is 2.20 bits per heavy atom. The fourth-order valence-electron chi connectivity index (χ4n) is 0.388. The molecule has 0 spiro atoms. The Morgan fingerprint density at radius 1 is 0.900 bits per heavy atom. The molecule has 0 saturated carbocycles. The van der Waals surface area contributed by atoms with Gasteiger partial charge in [0.05, 0.1) is 13.1 Å². The molecule has 0 aliphatic heterocycles. The highest BCUT2D eigenvalue weighted by Crippen LogP contribution is 1.82. The van der Waals surface area contributed by atoms with Gasteiger partial charge in [-0.25, -0.2) is 0 Å². The number of hydrogen-bond acceptors (Lipinski definition) is 4. The van der Waals surface area contributed by atoms with Gasteiger partial charge in [-0.3, -0.25) is 0 Å². The fraction of sp³-hybridized carbons (Fsp3) is 1.00. The van der Waals surface area contributed by atoms with Crippen molar-refractivity contribution in [3.05, 3.63) is 0 Å². The Hall–Kier alpha value is -0.800. The van der Waals surface area contributed by atoms with Crippen molar-refractivity contribution in [1.29, 1.82) is 0 Å². The summed E-state index contributed by atoms with van der Waals surface area (Å²) in [5, 5.41) is 15.1. The second-order valence-corrected chi connectivity index (χ2v) is 1.75. The second-order valence-electron chi connectivity index (χ2n) is 1.75. The lowest BCUT2D eigenvalue weighted by atomic mass is 10.5. The van der Waals surface area contributed by atoms with Gasteiger partial charge in [-0.2, -0.15) is 20.5 Å². The molecule has 0 aliphatic rings. The molecule has 0 fully saturated rings. The van der Waals surface area contributed by atoms with Crippen LogP contribution in [0.1, 0.15) is 20.3 Å². The third-order valence-electron chi connectivity index (χ3n) is 0.792. The van der Waals surface area contributed by atoms with Gasteiger partial charge in [-0.1, -0.05) is 6.92 Å². The predicted octanol–water partition coefficient (Wildman–Crippen LogP) is 2.28. The third-order valence-corrected chi connectivity index (χ3v) is 0.792. The minimum absolute atomic E-state index is 0.383. The van der Waals surface area contributed by atoms with Crippen molar-refractivity contribution in [1.82, 2.24) is 0 Å². The van der Waals surface area contributed by atoms with Crippen LogP contribution in [0.4, 0.5) is 0 Å². The first kappa shape index (κ1) is 9.20. The van der Waals surface area contributed by atoms with Crippen LogP contribution in [-0.4, -0.2) is 19.8 Å². The van der Waals surface area contributed by atoms with Crippen LogP contribution in [-0.2, 0) is 0 Å². The van der Waals surface area contributed by atoms with E-state index < -0.39 is 0 Å². The molecule has 0 heterocycles. The maximum absolute atomic E-state index is 3.83. The highest BCUT2D eigenvalue weighted by Gasteiger charge is 1.73. The normalized spacial score (nSPS) is 11.8. The predicted molar refractivity (Wildman–Crippen MR) is 40.3 cm³/mol. The summed E-state index contributed by atoms with van der Waals surface area (Å²) in [5.74, 6) is 0. The van der Waals surface area contributed by atoms with E-state index in [4.69, 9.17) is 0 Å². The van der Waals surface area contributed by atoms with Gasteiger partial charge < -0.3 is 0 Å². The lowest BCUT2D eigenvalue weighted by Crippen LogP contribution is -1.75. The summed E-state index contributed by atoms with van der Waals surface area (Å²) < 4.78 is 0. The highest BCUT2D eigenvalue weighted by molar-refractivity contribution is 4.34. The van der Waals surface area contributed by atoms with Crippen LogP contribution in [0.2, 0.25) is 0 Å². The average Bonchev–Trinajstić information content (AvgIpc) is 1.97. The van der Waals surface area contributed by atoms with Gasteiger partial charge in [0.2, 0.25) is 0 Å². The van der Waals surface area contributed by atoms with Gasteiger partial charge in [0.25, 0.3) is 0 Å². The molecule has 0 bridgehead atoms. The van der Waals surface area contributed by atoms with Crippen LogP contribution < -0.4 is 0 Å². The summed E-state index contributed by atoms with van der Waals surface area (Å²) in [7, 11) is 0. The van der Waals surface area contributed by atoms with E-state index in [0.717, 1.165) is 19.5 Å². The first-order valence-corrected chi connectivity index (χ1v) is 3.58. The van der Waals surface area contributed by atoms with Crippen molar-refractivity contribution in [3.8, 4) is 0 Å². The Kier molecular flexibility index (Phi) is 7.54. The maximum Gasteiger partial charge on any atom is 0.170 e. The molecular weight excluding hydrogens is 128 g/mol. The molecule has 4 heteroatoms. The molecule has 0 aromatic heterocycles. The first-order chi connectivity index (χ1) is 4.91. The number of rotatable bonds is 5. The number of nitrogens with zero attached hydrogens (tertiary/aromatic N) is 4. The van der Waals surface area contributed by atoms with Crippen LogP contribution in [0.25, 0.3) is 0 Å². The molecule has 4 nitrogen and oxygen atoms in total. The molecule has 0 aliphatic carbocycles. The van der Waals surface area contributed by atoms with Crippen molar-refractivity contribution in [2.75, 3.05) is 19.8 Å². The van der Waals surface area contributed by atoms with Crippen LogP contribution in [0, 0.1) is 0 Å². The zero-order valence-electron chi connectivity index (χ0n) is 6.62. The molecule has 0 N–H and O–H groups in total. The molecule has 0 saturated heterocycles. The summed E-state index contributed by atoms with van der Waals surface area (Å²) in [6, 6.07) is 0. The topological polar surface area (TPSA) is 49.4 Å². The Bertz CT molecular complexity index is 108. The van der Waals surface area contributed by atoms with Gasteiger partial charge in [-0.15, -0.1) is 0 Å². The van der Waals surface area contributed by atoms with E-state index in [-0.39, 0.29) is 0 Å². The van der Waals surface area contributed by atoms with E-state index in [2.05, 4.69) is 27.4 Å². The van der Waals surface area contributed by atoms with Crippen molar-refractivity contribution in [3.63, 3.8) is 0 Å². The SMILES string of the molecule is CCCN=NCN=NCC. The van der Waals surface area contributed by atoms with E-state index in [1.165, 1.54) is 0 Å². The Morgan fingerprint density at radius 2 is 1.60 bits per heavy atom. The van der Waals surface area contributed by atoms with Gasteiger partial charge in [0.1, 0.15) is 0 Å². The molecule has 0 unspecified atom stereocenters. The molecule has 0 aromatic rings. The molecule has 0 aromatic carbocycles. The molecule has 0 atom stereocenters. The summed E-state index contributed by atoms with van der Waals surface area (Å²) in [6.07, 6.45) is 1.04. The summed E-state index contributed by atoms with van der Waals surface area (Å²) >= 11 is 0. The molecule has 0 amide bonds. The molecular formula is C6H14N4. The zero-order valence-corrected chi connectivity index (χ0v) is 6.62. The largest absolute Gasteiger partial charge is 0.193 e. The minimum Gasteiger partial charge on any atom is -0.193 e. The van der Waals surface area contributed by atoms with Crippen molar-refractivity contribution in [2.24, 2.45) is 20.5 Å². The highest BCUT2D eigenvalue weighted by atomic mass is 15.2. The first-order valence-electron chi connectivity index (χ1n) is 3.58. The monoisotopic (exact) mass is 142 g/mol. The van der Waals surface area contributed by atoms with E-state index in [1.54, 1.807) is 0 Å². The van der Waals surface area contributed by atoms with Gasteiger partial charge in [0.15, 0.2) is 6.67 Å². The molecule has 0 radical (unpaired) electrons. The van der Waals surface area contributed by atoms with E-state index in [1.807, 2.05) is 6.92 Å².